The van der Waals surface area contributed by atoms with Gasteiger partial charge in [-0.15, -0.1) is 0 Å². The van der Waals surface area contributed by atoms with Gasteiger partial charge in [0.25, 0.3) is 5.91 Å². The minimum atomic E-state index is -0.241. The van der Waals surface area contributed by atoms with Crippen LogP contribution in [0.5, 0.6) is 0 Å². The molecule has 1 aromatic carbocycles. The number of hydrogen-bond acceptors (Lipinski definition) is 3. The Morgan fingerprint density at radius 3 is 2.57 bits per heavy atom. The zero-order chi connectivity index (χ0) is 16.2. The van der Waals surface area contributed by atoms with Gasteiger partial charge in [-0.25, -0.2) is 0 Å². The summed E-state index contributed by atoms with van der Waals surface area (Å²) in [5.74, 6) is 0.118. The highest BCUT2D eigenvalue weighted by Crippen LogP contribution is 2.21. The van der Waals surface area contributed by atoms with E-state index in [1.54, 1.807) is 0 Å². The van der Waals surface area contributed by atoms with Crippen molar-refractivity contribution >= 4 is 40.5 Å². The van der Waals surface area contributed by atoms with Crippen LogP contribution in [0, 0.1) is 0 Å². The van der Waals surface area contributed by atoms with E-state index in [2.05, 4.69) is 10.2 Å². The summed E-state index contributed by atoms with van der Waals surface area (Å²) >= 11 is 11.6. The largest absolute Gasteiger partial charge is 0.368 e. The van der Waals surface area contributed by atoms with E-state index in [-0.39, 0.29) is 12.0 Å². The molecule has 5 nitrogen and oxygen atoms in total. The number of nitrogens with zero attached hydrogens (tertiary/aromatic N) is 2. The Labute approximate surface area is 146 Å². The minimum absolute atomic E-state index is 0.118. The number of piperazine rings is 1. The molecule has 124 valence electrons. The number of benzene rings is 1. The molecular weight excluding hydrogens is 334 g/mol. The fourth-order valence-electron chi connectivity index (χ4n) is 2.86. The summed E-state index contributed by atoms with van der Waals surface area (Å²) in [6.45, 7) is 3.47. The molecule has 2 heterocycles. The summed E-state index contributed by atoms with van der Waals surface area (Å²) in [5.41, 5.74) is 0.803. The van der Waals surface area contributed by atoms with E-state index in [9.17, 15) is 4.79 Å². The predicted octanol–water partition coefficient (Wildman–Crippen LogP) is 2.36. The van der Waals surface area contributed by atoms with Crippen molar-refractivity contribution in [2.45, 2.75) is 18.9 Å². The lowest BCUT2D eigenvalue weighted by atomic mass is 10.2. The van der Waals surface area contributed by atoms with Gasteiger partial charge in [0.15, 0.2) is 5.11 Å². The van der Waals surface area contributed by atoms with Crippen LogP contribution in [0.25, 0.3) is 0 Å². The van der Waals surface area contributed by atoms with Crippen LogP contribution in [0.1, 0.15) is 12.8 Å². The van der Waals surface area contributed by atoms with E-state index >= 15 is 0 Å². The van der Waals surface area contributed by atoms with E-state index < -0.39 is 0 Å². The Morgan fingerprint density at radius 1 is 1.22 bits per heavy atom. The second-order valence-corrected chi connectivity index (χ2v) is 6.52. The standard InChI is InChI=1S/C16H20ClN3O2S/c17-12-4-1-2-5-13(12)18-16(23)20-9-7-19(8-10-20)15(21)14-6-3-11-22-14/h1-2,4-5,14H,3,6-11H2,(H,18,23)/t14-/m0/s1. The number of thiocarbonyl (C=S) groups is 1. The number of hydrogen-bond donors (Lipinski definition) is 1. The number of carbonyl (C=O) groups excluding carboxylic acids is 1. The van der Waals surface area contributed by atoms with E-state index in [1.807, 2.05) is 29.2 Å². The van der Waals surface area contributed by atoms with Crippen molar-refractivity contribution < 1.29 is 9.53 Å². The molecule has 0 aliphatic carbocycles. The lowest BCUT2D eigenvalue weighted by Gasteiger charge is -2.37. The van der Waals surface area contributed by atoms with E-state index in [4.69, 9.17) is 28.6 Å². The number of rotatable bonds is 2. The molecule has 3 rings (SSSR count). The highest BCUT2D eigenvalue weighted by molar-refractivity contribution is 7.80. The maximum Gasteiger partial charge on any atom is 0.251 e. The first-order chi connectivity index (χ1) is 11.1. The first-order valence-corrected chi connectivity index (χ1v) is 8.64. The monoisotopic (exact) mass is 353 g/mol. The zero-order valence-electron chi connectivity index (χ0n) is 12.8. The fraction of sp³-hybridized carbons (Fsp3) is 0.500. The van der Waals surface area contributed by atoms with Crippen LogP contribution in [0.15, 0.2) is 24.3 Å². The third kappa shape index (κ3) is 3.94. The van der Waals surface area contributed by atoms with Crippen molar-refractivity contribution in [2.75, 3.05) is 38.1 Å². The first kappa shape index (κ1) is 16.5. The van der Waals surface area contributed by atoms with Gasteiger partial charge in [-0.05, 0) is 37.2 Å². The zero-order valence-corrected chi connectivity index (χ0v) is 14.4. The van der Waals surface area contributed by atoms with E-state index in [1.165, 1.54) is 0 Å². The first-order valence-electron chi connectivity index (χ1n) is 7.86. The van der Waals surface area contributed by atoms with Crippen molar-refractivity contribution in [1.82, 2.24) is 9.80 Å². The molecular formula is C16H20ClN3O2S. The molecule has 2 aliphatic heterocycles. The molecule has 2 saturated heterocycles. The van der Waals surface area contributed by atoms with Gasteiger partial charge in [0.05, 0.1) is 10.7 Å². The molecule has 2 fully saturated rings. The molecule has 1 N–H and O–H groups in total. The Bertz CT molecular complexity index is 584. The van der Waals surface area contributed by atoms with Gasteiger partial charge >= 0.3 is 0 Å². The highest BCUT2D eigenvalue weighted by atomic mass is 35.5. The molecule has 23 heavy (non-hydrogen) atoms. The third-order valence-electron chi connectivity index (χ3n) is 4.20. The van der Waals surface area contributed by atoms with Crippen LogP contribution in [0.2, 0.25) is 5.02 Å². The van der Waals surface area contributed by atoms with Crippen molar-refractivity contribution in [1.29, 1.82) is 0 Å². The Hall–Kier alpha value is -1.37. The molecule has 1 aromatic rings. The van der Waals surface area contributed by atoms with Gasteiger partial charge in [0.1, 0.15) is 6.10 Å². The predicted molar refractivity (Wildman–Crippen MR) is 94.8 cm³/mol. The summed E-state index contributed by atoms with van der Waals surface area (Å²) in [6.07, 6.45) is 1.57. The van der Waals surface area contributed by atoms with Crippen molar-refractivity contribution in [3.8, 4) is 0 Å². The number of amides is 1. The summed E-state index contributed by atoms with van der Waals surface area (Å²) in [6, 6.07) is 7.51. The molecule has 1 amide bonds. The van der Waals surface area contributed by atoms with Crippen LogP contribution in [0.4, 0.5) is 5.69 Å². The average Bonchev–Trinajstić information content (AvgIpc) is 3.11. The van der Waals surface area contributed by atoms with Gasteiger partial charge < -0.3 is 19.9 Å². The second-order valence-electron chi connectivity index (χ2n) is 5.72. The smallest absolute Gasteiger partial charge is 0.251 e. The van der Waals surface area contributed by atoms with Crippen LogP contribution in [0.3, 0.4) is 0 Å². The van der Waals surface area contributed by atoms with Crippen molar-refractivity contribution in [2.24, 2.45) is 0 Å². The third-order valence-corrected chi connectivity index (χ3v) is 4.89. The Balaban J connectivity index is 1.51. The number of carbonyl (C=O) groups is 1. The average molecular weight is 354 g/mol. The Kier molecular flexibility index (Phi) is 5.35. The second kappa shape index (κ2) is 7.47. The fourth-order valence-corrected chi connectivity index (χ4v) is 3.34. The summed E-state index contributed by atoms with van der Waals surface area (Å²) < 4.78 is 5.48. The van der Waals surface area contributed by atoms with Gasteiger partial charge in [0, 0.05) is 32.8 Å². The molecule has 2 aliphatic rings. The van der Waals surface area contributed by atoms with Gasteiger partial charge in [-0.2, -0.15) is 0 Å². The highest BCUT2D eigenvalue weighted by Gasteiger charge is 2.30. The molecule has 1 atom stereocenters. The van der Waals surface area contributed by atoms with Gasteiger partial charge in [0.2, 0.25) is 0 Å². The summed E-state index contributed by atoms with van der Waals surface area (Å²) in [4.78, 5) is 16.3. The van der Waals surface area contributed by atoms with Crippen LogP contribution in [-0.2, 0) is 9.53 Å². The van der Waals surface area contributed by atoms with Gasteiger partial charge in [-0.1, -0.05) is 23.7 Å². The van der Waals surface area contributed by atoms with Crippen molar-refractivity contribution in [3.05, 3.63) is 29.3 Å². The molecule has 0 bridgehead atoms. The number of anilines is 1. The van der Waals surface area contributed by atoms with E-state index in [0.717, 1.165) is 31.6 Å². The summed E-state index contributed by atoms with van der Waals surface area (Å²) in [7, 11) is 0. The maximum atomic E-state index is 12.3. The number of ether oxygens (including phenoxy) is 1. The van der Waals surface area contributed by atoms with Crippen LogP contribution < -0.4 is 5.32 Å². The number of para-hydroxylation sites is 1. The molecule has 0 aromatic heterocycles. The maximum absolute atomic E-state index is 12.3. The van der Waals surface area contributed by atoms with Crippen LogP contribution in [-0.4, -0.2) is 59.7 Å². The van der Waals surface area contributed by atoms with Crippen LogP contribution >= 0.6 is 23.8 Å². The quantitative estimate of drug-likeness (QED) is 0.827. The molecule has 0 radical (unpaired) electrons. The summed E-state index contributed by atoms with van der Waals surface area (Å²) in [5, 5.41) is 4.46. The lowest BCUT2D eigenvalue weighted by molar-refractivity contribution is -0.142. The topological polar surface area (TPSA) is 44.8 Å². The molecule has 0 spiro atoms. The minimum Gasteiger partial charge on any atom is -0.368 e. The van der Waals surface area contributed by atoms with Crippen molar-refractivity contribution in [3.63, 3.8) is 0 Å². The van der Waals surface area contributed by atoms with E-state index in [0.29, 0.717) is 29.8 Å². The molecule has 7 heteroatoms. The normalized spacial score (nSPS) is 21.3. The van der Waals surface area contributed by atoms with Gasteiger partial charge in [-0.3, -0.25) is 4.79 Å². The number of nitrogens with one attached hydrogen (secondary N) is 1. The SMILES string of the molecule is O=C([C@@H]1CCCO1)N1CCN(C(=S)Nc2ccccc2Cl)CC1. The number of halogens is 1. The molecule has 0 unspecified atom stereocenters. The Morgan fingerprint density at radius 2 is 1.91 bits per heavy atom. The molecule has 0 saturated carbocycles. The lowest BCUT2D eigenvalue weighted by Crippen LogP contribution is -2.53.